The van der Waals surface area contributed by atoms with E-state index in [9.17, 15) is 8.42 Å². The second kappa shape index (κ2) is 6.75. The van der Waals surface area contributed by atoms with Crippen LogP contribution in [-0.4, -0.2) is 25.8 Å². The van der Waals surface area contributed by atoms with E-state index >= 15 is 0 Å². The van der Waals surface area contributed by atoms with Crippen molar-refractivity contribution < 1.29 is 8.42 Å². The van der Waals surface area contributed by atoms with Crippen molar-refractivity contribution in [2.24, 2.45) is 5.92 Å². The summed E-state index contributed by atoms with van der Waals surface area (Å²) in [6, 6.07) is 14.6. The minimum Gasteiger partial charge on any atom is -0.378 e. The molecule has 5 heteroatoms. The zero-order valence-corrected chi connectivity index (χ0v) is 17.0. The quantitative estimate of drug-likeness (QED) is 0.774. The van der Waals surface area contributed by atoms with Crippen molar-refractivity contribution in [1.82, 2.24) is 4.31 Å². The molecular weight excluding hydrogens is 368 g/mol. The van der Waals surface area contributed by atoms with Gasteiger partial charge in [-0.25, -0.2) is 8.42 Å². The van der Waals surface area contributed by atoms with Gasteiger partial charge in [0.2, 0.25) is 10.0 Å². The summed E-state index contributed by atoms with van der Waals surface area (Å²) in [5.41, 5.74) is 4.74. The number of rotatable bonds is 3. The summed E-state index contributed by atoms with van der Waals surface area (Å²) in [5.74, 6) is 0.675. The summed E-state index contributed by atoms with van der Waals surface area (Å²) in [7, 11) is -3.39. The number of nitrogens with one attached hydrogen (secondary N) is 1. The molecule has 0 bridgehead atoms. The molecule has 0 radical (unpaired) electrons. The van der Waals surface area contributed by atoms with Crippen molar-refractivity contribution in [3.8, 4) is 0 Å². The lowest BCUT2D eigenvalue weighted by Gasteiger charge is -2.38. The molecule has 0 spiro atoms. The number of hydrogen-bond acceptors (Lipinski definition) is 3. The summed E-state index contributed by atoms with van der Waals surface area (Å²) >= 11 is 0. The number of sulfonamides is 1. The Morgan fingerprint density at radius 3 is 2.68 bits per heavy atom. The van der Waals surface area contributed by atoms with Crippen molar-refractivity contribution in [3.05, 3.63) is 71.3 Å². The van der Waals surface area contributed by atoms with Gasteiger partial charge in [0.1, 0.15) is 0 Å². The van der Waals surface area contributed by atoms with Gasteiger partial charge >= 0.3 is 0 Å². The third-order valence-corrected chi connectivity index (χ3v) is 8.33. The van der Waals surface area contributed by atoms with Gasteiger partial charge in [0.15, 0.2) is 0 Å². The molecule has 0 amide bonds. The molecule has 28 heavy (non-hydrogen) atoms. The van der Waals surface area contributed by atoms with Gasteiger partial charge in [-0.1, -0.05) is 42.0 Å². The zero-order valence-electron chi connectivity index (χ0n) is 16.1. The van der Waals surface area contributed by atoms with Crippen molar-refractivity contribution >= 4 is 15.7 Å². The Balaban J connectivity index is 1.54. The van der Waals surface area contributed by atoms with Crippen molar-refractivity contribution in [3.63, 3.8) is 0 Å². The SMILES string of the molecule is Cc1cccc(C2Nc3ccc(S(=O)(=O)N4CCCC4)cc3C3C=CCC32)c1. The summed E-state index contributed by atoms with van der Waals surface area (Å²) < 4.78 is 27.7. The molecule has 0 aromatic heterocycles. The van der Waals surface area contributed by atoms with Gasteiger partial charge < -0.3 is 5.32 Å². The summed E-state index contributed by atoms with van der Waals surface area (Å²) in [5, 5.41) is 3.71. The normalized spacial score (nSPS) is 26.7. The van der Waals surface area contributed by atoms with Crippen LogP contribution in [0.5, 0.6) is 0 Å². The minimum atomic E-state index is -3.39. The molecule has 2 aromatic rings. The number of nitrogens with zero attached hydrogens (tertiary/aromatic N) is 1. The Morgan fingerprint density at radius 1 is 1.07 bits per heavy atom. The highest BCUT2D eigenvalue weighted by Crippen LogP contribution is 2.50. The highest BCUT2D eigenvalue weighted by atomic mass is 32.2. The lowest BCUT2D eigenvalue weighted by Crippen LogP contribution is -2.30. The maximum Gasteiger partial charge on any atom is 0.243 e. The highest BCUT2D eigenvalue weighted by Gasteiger charge is 2.39. The fourth-order valence-electron chi connectivity index (χ4n) is 5.00. The number of fused-ring (bicyclic) bond motifs is 3. The number of benzene rings is 2. The molecular formula is C23H26N2O2S. The second-order valence-electron chi connectivity index (χ2n) is 8.25. The molecule has 1 saturated heterocycles. The predicted molar refractivity (Wildman–Crippen MR) is 112 cm³/mol. The molecule has 5 rings (SSSR count). The first-order valence-electron chi connectivity index (χ1n) is 10.2. The smallest absolute Gasteiger partial charge is 0.243 e. The van der Waals surface area contributed by atoms with Crippen molar-refractivity contribution in [1.29, 1.82) is 0 Å². The van der Waals surface area contributed by atoms with E-state index < -0.39 is 10.0 Å². The first-order chi connectivity index (χ1) is 13.5. The molecule has 1 N–H and O–H groups in total. The summed E-state index contributed by atoms with van der Waals surface area (Å²) in [6.45, 7) is 3.40. The van der Waals surface area contributed by atoms with Crippen LogP contribution in [0.3, 0.4) is 0 Å². The van der Waals surface area contributed by atoms with Gasteiger partial charge in [-0.2, -0.15) is 4.31 Å². The second-order valence-corrected chi connectivity index (χ2v) is 10.2. The number of allylic oxidation sites excluding steroid dienone is 2. The zero-order chi connectivity index (χ0) is 19.3. The summed E-state index contributed by atoms with van der Waals surface area (Å²) in [6.07, 6.45) is 7.43. The van der Waals surface area contributed by atoms with Gasteiger partial charge in [-0.15, -0.1) is 0 Å². The molecule has 0 saturated carbocycles. The van der Waals surface area contributed by atoms with E-state index in [2.05, 4.69) is 48.7 Å². The van der Waals surface area contributed by atoms with Crippen LogP contribution in [-0.2, 0) is 10.0 Å². The van der Waals surface area contributed by atoms with Gasteiger partial charge in [-0.05, 0) is 61.4 Å². The standard InChI is InChI=1S/C23H26N2O2S/c1-16-6-4-7-17(14-16)23-20-9-5-8-19(20)21-15-18(10-11-22(21)24-23)28(26,27)25-12-2-3-13-25/h4-8,10-11,14-15,19-20,23-24H,2-3,9,12-13H2,1H3. The van der Waals surface area contributed by atoms with Gasteiger partial charge in [0.05, 0.1) is 10.9 Å². The van der Waals surface area contributed by atoms with E-state index in [0.717, 1.165) is 30.5 Å². The Labute approximate surface area is 167 Å². The highest BCUT2D eigenvalue weighted by molar-refractivity contribution is 7.89. The van der Waals surface area contributed by atoms with Crippen molar-refractivity contribution in [2.45, 2.75) is 43.0 Å². The molecule has 2 heterocycles. The molecule has 2 aromatic carbocycles. The third-order valence-electron chi connectivity index (χ3n) is 6.44. The predicted octanol–water partition coefficient (Wildman–Crippen LogP) is 4.61. The van der Waals surface area contributed by atoms with E-state index in [4.69, 9.17) is 0 Å². The lowest BCUT2D eigenvalue weighted by atomic mass is 9.77. The van der Waals surface area contributed by atoms with Gasteiger partial charge in [0.25, 0.3) is 0 Å². The van der Waals surface area contributed by atoms with Crippen LogP contribution in [0.15, 0.2) is 59.5 Å². The Kier molecular flexibility index (Phi) is 4.33. The third kappa shape index (κ3) is 2.88. The average Bonchev–Trinajstić information content (AvgIpc) is 3.39. The molecule has 4 nitrogen and oxygen atoms in total. The minimum absolute atomic E-state index is 0.244. The maximum atomic E-state index is 13.0. The monoisotopic (exact) mass is 394 g/mol. The first-order valence-corrected chi connectivity index (χ1v) is 11.6. The van der Waals surface area contributed by atoms with Crippen LogP contribution in [0, 0.1) is 12.8 Å². The summed E-state index contributed by atoms with van der Waals surface area (Å²) in [4.78, 5) is 0.433. The molecule has 1 aliphatic carbocycles. The Bertz CT molecular complexity index is 1040. The molecule has 3 aliphatic rings. The average molecular weight is 395 g/mol. The fraction of sp³-hybridized carbons (Fsp3) is 0.391. The largest absolute Gasteiger partial charge is 0.378 e. The molecule has 1 fully saturated rings. The molecule has 3 unspecified atom stereocenters. The first kappa shape index (κ1) is 18.0. The van der Waals surface area contributed by atoms with Crippen LogP contribution in [0.4, 0.5) is 5.69 Å². The van der Waals surface area contributed by atoms with Crippen LogP contribution >= 0.6 is 0 Å². The number of aryl methyl sites for hydroxylation is 1. The van der Waals surface area contributed by atoms with Crippen molar-refractivity contribution in [2.75, 3.05) is 18.4 Å². The molecule has 146 valence electrons. The van der Waals surface area contributed by atoms with E-state index in [-0.39, 0.29) is 12.0 Å². The maximum absolute atomic E-state index is 13.0. The van der Waals surface area contributed by atoms with E-state index in [1.807, 2.05) is 12.1 Å². The van der Waals surface area contributed by atoms with Crippen LogP contribution < -0.4 is 5.32 Å². The fourth-order valence-corrected chi connectivity index (χ4v) is 6.56. The number of hydrogen-bond donors (Lipinski definition) is 1. The van der Waals surface area contributed by atoms with Gasteiger partial charge in [-0.3, -0.25) is 0 Å². The van der Waals surface area contributed by atoms with Gasteiger partial charge in [0, 0.05) is 24.7 Å². The molecule has 3 atom stereocenters. The van der Waals surface area contributed by atoms with Crippen LogP contribution in [0.25, 0.3) is 0 Å². The van der Waals surface area contributed by atoms with E-state index in [1.165, 1.54) is 11.1 Å². The van der Waals surface area contributed by atoms with Crippen LogP contribution in [0.1, 0.15) is 47.9 Å². The Hall–Kier alpha value is -2.11. The van der Waals surface area contributed by atoms with E-state index in [0.29, 0.717) is 23.9 Å². The molecule has 2 aliphatic heterocycles. The van der Waals surface area contributed by atoms with E-state index in [1.54, 1.807) is 10.4 Å². The van der Waals surface area contributed by atoms with Crippen LogP contribution in [0.2, 0.25) is 0 Å². The topological polar surface area (TPSA) is 49.4 Å². The Morgan fingerprint density at radius 2 is 1.89 bits per heavy atom. The lowest BCUT2D eigenvalue weighted by molar-refractivity contribution is 0.424. The number of anilines is 1.